The maximum Gasteiger partial charge on any atom is 0.243 e. The number of nitrogens with one attached hydrogen (secondary N) is 1. The van der Waals surface area contributed by atoms with Crippen LogP contribution in [0.25, 0.3) is 0 Å². The van der Waals surface area contributed by atoms with Crippen LogP contribution in [0, 0.1) is 5.82 Å². The maximum absolute atomic E-state index is 13.3. The molecule has 0 spiro atoms. The summed E-state index contributed by atoms with van der Waals surface area (Å²) < 4.78 is 39.3. The Balaban J connectivity index is 2.49. The summed E-state index contributed by atoms with van der Waals surface area (Å²) in [7, 11) is 0.193. The summed E-state index contributed by atoms with van der Waals surface area (Å²) in [6.07, 6.45) is 1.62. The van der Waals surface area contributed by atoms with Crippen molar-refractivity contribution < 1.29 is 12.8 Å². The van der Waals surface area contributed by atoms with Crippen LogP contribution in [0.2, 0.25) is 0 Å². The standard InChI is InChI=1S/C12H19FN2O2S/c1-15(2)10-6-5-9-14-18(16,17)12-8-4-3-7-11(12)13/h3-4,7-8,14H,5-6,9-10H2,1-2H3. The van der Waals surface area contributed by atoms with Crippen LogP contribution < -0.4 is 4.72 Å². The van der Waals surface area contributed by atoms with E-state index in [1.54, 1.807) is 0 Å². The normalized spacial score (nSPS) is 12.0. The van der Waals surface area contributed by atoms with Gasteiger partial charge in [0.2, 0.25) is 10.0 Å². The van der Waals surface area contributed by atoms with Crippen molar-refractivity contribution in [2.45, 2.75) is 17.7 Å². The first-order chi connectivity index (χ1) is 8.43. The molecular weight excluding hydrogens is 255 g/mol. The van der Waals surface area contributed by atoms with Gasteiger partial charge in [-0.2, -0.15) is 0 Å². The number of hydrogen-bond donors (Lipinski definition) is 1. The van der Waals surface area contributed by atoms with Gasteiger partial charge >= 0.3 is 0 Å². The molecule has 1 rings (SSSR count). The molecule has 1 aromatic carbocycles. The van der Waals surface area contributed by atoms with E-state index in [9.17, 15) is 12.8 Å². The zero-order valence-corrected chi connectivity index (χ0v) is 11.5. The van der Waals surface area contributed by atoms with E-state index in [1.807, 2.05) is 19.0 Å². The topological polar surface area (TPSA) is 49.4 Å². The van der Waals surface area contributed by atoms with Crippen LogP contribution in [0.3, 0.4) is 0 Å². The highest BCUT2D eigenvalue weighted by Gasteiger charge is 2.17. The Kier molecular flexibility index (Phi) is 5.71. The van der Waals surface area contributed by atoms with E-state index in [4.69, 9.17) is 0 Å². The van der Waals surface area contributed by atoms with Gasteiger partial charge in [-0.15, -0.1) is 0 Å². The summed E-state index contributed by atoms with van der Waals surface area (Å²) in [5.74, 6) is -0.724. The van der Waals surface area contributed by atoms with Gasteiger partial charge in [0.25, 0.3) is 0 Å². The van der Waals surface area contributed by atoms with Gasteiger partial charge in [-0.3, -0.25) is 0 Å². The minimum atomic E-state index is -3.73. The Morgan fingerprint density at radius 3 is 2.50 bits per heavy atom. The van der Waals surface area contributed by atoms with Gasteiger partial charge in [0.15, 0.2) is 0 Å². The lowest BCUT2D eigenvalue weighted by Crippen LogP contribution is -2.26. The molecule has 0 aliphatic heterocycles. The largest absolute Gasteiger partial charge is 0.309 e. The average Bonchev–Trinajstić information content (AvgIpc) is 2.28. The fourth-order valence-electron chi connectivity index (χ4n) is 1.50. The van der Waals surface area contributed by atoms with Gasteiger partial charge in [0.1, 0.15) is 10.7 Å². The van der Waals surface area contributed by atoms with Gasteiger partial charge in [0.05, 0.1) is 0 Å². The molecule has 1 aromatic rings. The highest BCUT2D eigenvalue weighted by Crippen LogP contribution is 2.12. The molecule has 0 aliphatic carbocycles. The van der Waals surface area contributed by atoms with Crippen molar-refractivity contribution >= 4 is 10.0 Å². The Morgan fingerprint density at radius 2 is 1.89 bits per heavy atom. The van der Waals surface area contributed by atoms with Crippen molar-refractivity contribution in [3.8, 4) is 0 Å². The minimum absolute atomic E-state index is 0.294. The van der Waals surface area contributed by atoms with Crippen LogP contribution in [0.5, 0.6) is 0 Å². The van der Waals surface area contributed by atoms with Gasteiger partial charge in [-0.1, -0.05) is 12.1 Å². The van der Waals surface area contributed by atoms with E-state index in [-0.39, 0.29) is 4.90 Å². The molecule has 0 bridgehead atoms. The molecule has 0 atom stereocenters. The third kappa shape index (κ3) is 4.72. The molecule has 0 saturated heterocycles. The van der Waals surface area contributed by atoms with Crippen molar-refractivity contribution in [1.29, 1.82) is 0 Å². The van der Waals surface area contributed by atoms with E-state index in [2.05, 4.69) is 4.72 Å². The molecule has 6 heteroatoms. The second-order valence-corrected chi connectivity index (χ2v) is 6.07. The number of sulfonamides is 1. The van der Waals surface area contributed by atoms with Crippen LogP contribution >= 0.6 is 0 Å². The van der Waals surface area contributed by atoms with Crippen LogP contribution in [-0.4, -0.2) is 40.5 Å². The van der Waals surface area contributed by atoms with Gasteiger partial charge in [0, 0.05) is 6.54 Å². The van der Waals surface area contributed by atoms with Crippen molar-refractivity contribution in [3.05, 3.63) is 30.1 Å². The lowest BCUT2D eigenvalue weighted by molar-refractivity contribution is 0.394. The third-order valence-electron chi connectivity index (χ3n) is 2.45. The molecule has 1 N–H and O–H groups in total. The quantitative estimate of drug-likeness (QED) is 0.766. The van der Waals surface area contributed by atoms with E-state index >= 15 is 0 Å². The Labute approximate surface area is 108 Å². The first-order valence-corrected chi connectivity index (χ1v) is 7.31. The molecule has 0 unspecified atom stereocenters. The van der Waals surface area contributed by atoms with Crippen molar-refractivity contribution in [2.24, 2.45) is 0 Å². The summed E-state index contributed by atoms with van der Waals surface area (Å²) in [5, 5.41) is 0. The number of halogens is 1. The Morgan fingerprint density at radius 1 is 1.22 bits per heavy atom. The number of hydrogen-bond acceptors (Lipinski definition) is 3. The Hall–Kier alpha value is -0.980. The molecule has 0 aromatic heterocycles. The molecule has 102 valence electrons. The van der Waals surface area contributed by atoms with Crippen LogP contribution in [0.15, 0.2) is 29.2 Å². The summed E-state index contributed by atoms with van der Waals surface area (Å²) in [6.45, 7) is 1.23. The SMILES string of the molecule is CN(C)CCCCNS(=O)(=O)c1ccccc1F. The fraction of sp³-hybridized carbons (Fsp3) is 0.500. The highest BCUT2D eigenvalue weighted by atomic mass is 32.2. The molecule has 0 aliphatic rings. The van der Waals surface area contributed by atoms with Crippen LogP contribution in [0.4, 0.5) is 4.39 Å². The second-order valence-electron chi connectivity index (χ2n) is 4.34. The summed E-state index contributed by atoms with van der Waals surface area (Å²) >= 11 is 0. The number of rotatable bonds is 7. The lowest BCUT2D eigenvalue weighted by atomic mass is 10.3. The molecular formula is C12H19FN2O2S. The van der Waals surface area contributed by atoms with E-state index in [0.717, 1.165) is 25.5 Å². The van der Waals surface area contributed by atoms with Crippen molar-refractivity contribution in [1.82, 2.24) is 9.62 Å². The summed E-state index contributed by atoms with van der Waals surface area (Å²) in [6, 6.07) is 5.37. The van der Waals surface area contributed by atoms with Crippen molar-refractivity contribution in [3.63, 3.8) is 0 Å². The maximum atomic E-state index is 13.3. The predicted octanol–water partition coefficient (Wildman–Crippen LogP) is 1.45. The number of nitrogens with zero attached hydrogens (tertiary/aromatic N) is 1. The zero-order valence-electron chi connectivity index (χ0n) is 10.7. The smallest absolute Gasteiger partial charge is 0.243 e. The first kappa shape index (κ1) is 15.1. The van der Waals surface area contributed by atoms with E-state index in [0.29, 0.717) is 6.54 Å². The van der Waals surface area contributed by atoms with E-state index < -0.39 is 15.8 Å². The lowest BCUT2D eigenvalue weighted by Gasteiger charge is -2.10. The summed E-state index contributed by atoms with van der Waals surface area (Å²) in [4.78, 5) is 1.74. The monoisotopic (exact) mass is 274 g/mol. The van der Waals surface area contributed by atoms with Gasteiger partial charge in [-0.05, 0) is 45.6 Å². The van der Waals surface area contributed by atoms with Crippen LogP contribution in [0.1, 0.15) is 12.8 Å². The van der Waals surface area contributed by atoms with Gasteiger partial charge < -0.3 is 4.90 Å². The molecule has 18 heavy (non-hydrogen) atoms. The fourth-order valence-corrected chi connectivity index (χ4v) is 2.65. The molecule has 4 nitrogen and oxygen atoms in total. The predicted molar refractivity (Wildman–Crippen MR) is 69.4 cm³/mol. The zero-order chi connectivity index (χ0) is 13.6. The van der Waals surface area contributed by atoms with Crippen LogP contribution in [-0.2, 0) is 10.0 Å². The molecule has 0 radical (unpaired) electrons. The molecule has 0 fully saturated rings. The minimum Gasteiger partial charge on any atom is -0.309 e. The van der Waals surface area contributed by atoms with Crippen molar-refractivity contribution in [2.75, 3.05) is 27.2 Å². The van der Waals surface area contributed by atoms with E-state index in [1.165, 1.54) is 18.2 Å². The summed E-state index contributed by atoms with van der Waals surface area (Å²) in [5.41, 5.74) is 0. The second kappa shape index (κ2) is 6.82. The van der Waals surface area contributed by atoms with Gasteiger partial charge in [-0.25, -0.2) is 17.5 Å². The molecule has 0 heterocycles. The number of benzene rings is 1. The Bertz CT molecular complexity index is 475. The number of unbranched alkanes of at least 4 members (excludes halogenated alkanes) is 1. The average molecular weight is 274 g/mol. The molecule has 0 amide bonds. The highest BCUT2D eigenvalue weighted by molar-refractivity contribution is 7.89. The first-order valence-electron chi connectivity index (χ1n) is 5.82. The third-order valence-corrected chi connectivity index (χ3v) is 3.94. The molecule has 0 saturated carbocycles.